The van der Waals surface area contributed by atoms with Gasteiger partial charge in [0.2, 0.25) is 5.75 Å². The molecule has 0 radical (unpaired) electrons. The van der Waals surface area contributed by atoms with Crippen molar-refractivity contribution in [3.05, 3.63) is 80.2 Å². The summed E-state index contributed by atoms with van der Waals surface area (Å²) in [7, 11) is 1.24. The lowest BCUT2D eigenvalue weighted by Gasteiger charge is -2.08. The van der Waals surface area contributed by atoms with Gasteiger partial charge < -0.3 is 13.9 Å². The third kappa shape index (κ3) is 4.07. The second kappa shape index (κ2) is 7.75. The Hall–Kier alpha value is -3.94. The van der Waals surface area contributed by atoms with E-state index < -0.39 is 16.5 Å². The van der Waals surface area contributed by atoms with Gasteiger partial charge >= 0.3 is 17.3 Å². The van der Waals surface area contributed by atoms with Gasteiger partial charge in [0.15, 0.2) is 0 Å². The molecule has 3 rings (SSSR count). The lowest BCUT2D eigenvalue weighted by Crippen LogP contribution is -1.98. The fourth-order valence-electron chi connectivity index (χ4n) is 2.60. The summed E-state index contributed by atoms with van der Waals surface area (Å²) in [5, 5.41) is 12.2. The van der Waals surface area contributed by atoms with Crippen LogP contribution < -0.4 is 10.4 Å². The van der Waals surface area contributed by atoms with Crippen molar-refractivity contribution >= 4 is 28.7 Å². The molecular weight excluding hydrogens is 366 g/mol. The summed E-state index contributed by atoms with van der Waals surface area (Å²) in [5.41, 5.74) is 0.741. The molecule has 3 aromatic rings. The number of benzene rings is 2. The van der Waals surface area contributed by atoms with Crippen LogP contribution in [0, 0.1) is 17.0 Å². The van der Waals surface area contributed by atoms with E-state index in [0.717, 1.165) is 17.0 Å². The first kappa shape index (κ1) is 18.8. The second-order valence-electron chi connectivity index (χ2n) is 5.85. The van der Waals surface area contributed by atoms with Crippen LogP contribution in [0.15, 0.2) is 57.8 Å². The molecule has 0 saturated carbocycles. The molecule has 2 aromatic carbocycles. The molecule has 0 fully saturated rings. The Kier molecular flexibility index (Phi) is 5.21. The van der Waals surface area contributed by atoms with Crippen molar-refractivity contribution < 1.29 is 23.6 Å². The van der Waals surface area contributed by atoms with E-state index in [1.165, 1.54) is 37.5 Å². The molecule has 142 valence electrons. The third-order valence-electron chi connectivity index (χ3n) is 3.94. The highest BCUT2D eigenvalue weighted by atomic mass is 16.6. The van der Waals surface area contributed by atoms with Gasteiger partial charge in [-0.1, -0.05) is 6.07 Å². The zero-order chi connectivity index (χ0) is 20.3. The van der Waals surface area contributed by atoms with Crippen LogP contribution in [0.4, 0.5) is 5.69 Å². The van der Waals surface area contributed by atoms with Gasteiger partial charge in [0, 0.05) is 29.7 Å². The topological polar surface area (TPSA) is 109 Å². The van der Waals surface area contributed by atoms with Crippen LogP contribution in [0.1, 0.15) is 11.1 Å². The molecular formula is C20H15NO7. The number of esters is 1. The molecule has 0 bridgehead atoms. The van der Waals surface area contributed by atoms with E-state index in [2.05, 4.69) is 4.74 Å². The van der Waals surface area contributed by atoms with Crippen LogP contribution in [0.2, 0.25) is 0 Å². The van der Waals surface area contributed by atoms with Gasteiger partial charge in [-0.25, -0.2) is 9.59 Å². The van der Waals surface area contributed by atoms with Crippen molar-refractivity contribution in [2.45, 2.75) is 6.92 Å². The molecule has 0 unspecified atom stereocenters. The molecule has 1 heterocycles. The van der Waals surface area contributed by atoms with Gasteiger partial charge in [-0.15, -0.1) is 0 Å². The fourth-order valence-corrected chi connectivity index (χ4v) is 2.60. The molecule has 0 aliphatic heterocycles. The minimum absolute atomic E-state index is 0.00886. The number of ether oxygens (including phenoxy) is 2. The Labute approximate surface area is 158 Å². The number of nitro benzene ring substituents is 1. The van der Waals surface area contributed by atoms with Crippen LogP contribution in [0.25, 0.3) is 17.0 Å². The average Bonchev–Trinajstić information content (AvgIpc) is 2.66. The first-order chi connectivity index (χ1) is 13.4. The summed E-state index contributed by atoms with van der Waals surface area (Å²) in [6, 6.07) is 10.5. The number of nitro groups is 1. The quantitative estimate of drug-likeness (QED) is 0.216. The largest absolute Gasteiger partial charge is 0.466 e. The van der Waals surface area contributed by atoms with Crippen LogP contribution in [-0.2, 0) is 9.53 Å². The van der Waals surface area contributed by atoms with Crippen molar-refractivity contribution in [2.24, 2.45) is 0 Å². The smallest absolute Gasteiger partial charge is 0.336 e. The summed E-state index contributed by atoms with van der Waals surface area (Å²) in [4.78, 5) is 33.5. The number of carbonyl (C=O) groups is 1. The van der Waals surface area contributed by atoms with Gasteiger partial charge in [-0.05, 0) is 42.3 Å². The fraction of sp³-hybridized carbons (Fsp3) is 0.100. The number of hydrogen-bond donors (Lipinski definition) is 0. The maximum Gasteiger partial charge on any atom is 0.336 e. The van der Waals surface area contributed by atoms with Crippen LogP contribution in [0.3, 0.4) is 0 Å². The van der Waals surface area contributed by atoms with E-state index in [-0.39, 0.29) is 17.2 Å². The number of rotatable bonds is 5. The lowest BCUT2D eigenvalue weighted by atomic mass is 10.1. The summed E-state index contributed by atoms with van der Waals surface area (Å²) in [5.74, 6) is -0.285. The summed E-state index contributed by atoms with van der Waals surface area (Å²) >= 11 is 0. The first-order valence-electron chi connectivity index (χ1n) is 8.14. The summed E-state index contributed by atoms with van der Waals surface area (Å²) in [6.45, 7) is 1.78. The Bertz CT molecular complexity index is 1160. The van der Waals surface area contributed by atoms with Gasteiger partial charge in [0.05, 0.1) is 12.0 Å². The number of hydrogen-bond acceptors (Lipinski definition) is 7. The van der Waals surface area contributed by atoms with Gasteiger partial charge in [-0.3, -0.25) is 10.1 Å². The Morgan fingerprint density at radius 2 is 1.96 bits per heavy atom. The molecule has 0 atom stereocenters. The highest BCUT2D eigenvalue weighted by Gasteiger charge is 2.17. The zero-order valence-corrected chi connectivity index (χ0v) is 15.0. The maximum atomic E-state index is 11.5. The Morgan fingerprint density at radius 1 is 1.18 bits per heavy atom. The molecule has 1 aromatic heterocycles. The van der Waals surface area contributed by atoms with Gasteiger partial charge in [-0.2, -0.15) is 0 Å². The average molecular weight is 381 g/mol. The SMILES string of the molecule is COC(=O)/C=C/c1ccc(Oc2ccc3c(C)cc(=O)oc3c2)c([N+](=O)[O-])c1. The van der Waals surface area contributed by atoms with E-state index in [1.54, 1.807) is 25.1 Å². The minimum atomic E-state index is -0.587. The van der Waals surface area contributed by atoms with Gasteiger partial charge in [0.1, 0.15) is 11.3 Å². The number of aryl methyl sites for hydroxylation is 1. The van der Waals surface area contributed by atoms with Crippen molar-refractivity contribution in [1.82, 2.24) is 0 Å². The van der Waals surface area contributed by atoms with E-state index in [4.69, 9.17) is 9.15 Å². The lowest BCUT2D eigenvalue weighted by molar-refractivity contribution is -0.385. The van der Waals surface area contributed by atoms with Crippen molar-refractivity contribution in [1.29, 1.82) is 0 Å². The van der Waals surface area contributed by atoms with E-state index in [9.17, 15) is 19.7 Å². The predicted octanol–water partition coefficient (Wildman–Crippen LogP) is 3.99. The third-order valence-corrected chi connectivity index (χ3v) is 3.94. The molecule has 0 aliphatic rings. The molecule has 0 amide bonds. The van der Waals surface area contributed by atoms with Crippen LogP contribution >= 0.6 is 0 Å². The Balaban J connectivity index is 1.96. The summed E-state index contributed by atoms with van der Waals surface area (Å²) in [6.07, 6.45) is 2.56. The molecule has 28 heavy (non-hydrogen) atoms. The zero-order valence-electron chi connectivity index (χ0n) is 15.0. The number of carbonyl (C=O) groups excluding carboxylic acids is 1. The standard InChI is InChI=1S/C20H15NO7/c1-12-9-20(23)28-18-11-14(5-6-15(12)18)27-17-7-3-13(4-8-19(22)26-2)10-16(17)21(24)25/h3-11H,1-2H3/b8-4+. The van der Waals surface area contributed by atoms with Crippen molar-refractivity contribution in [3.63, 3.8) is 0 Å². The number of methoxy groups -OCH3 is 1. The number of fused-ring (bicyclic) bond motifs is 1. The Morgan fingerprint density at radius 3 is 2.68 bits per heavy atom. The van der Waals surface area contributed by atoms with E-state index in [0.29, 0.717) is 11.1 Å². The van der Waals surface area contributed by atoms with E-state index in [1.807, 2.05) is 0 Å². The first-order valence-corrected chi connectivity index (χ1v) is 8.14. The molecule has 0 spiro atoms. The maximum absolute atomic E-state index is 11.5. The molecule has 0 N–H and O–H groups in total. The summed E-state index contributed by atoms with van der Waals surface area (Å²) < 4.78 is 15.3. The van der Waals surface area contributed by atoms with Crippen LogP contribution in [-0.4, -0.2) is 18.0 Å². The normalized spacial score (nSPS) is 10.9. The van der Waals surface area contributed by atoms with Gasteiger partial charge in [0.25, 0.3) is 0 Å². The minimum Gasteiger partial charge on any atom is -0.466 e. The predicted molar refractivity (Wildman–Crippen MR) is 101 cm³/mol. The molecule has 8 heteroatoms. The molecule has 0 saturated heterocycles. The van der Waals surface area contributed by atoms with E-state index >= 15 is 0 Å². The second-order valence-corrected chi connectivity index (χ2v) is 5.85. The molecule has 8 nitrogen and oxygen atoms in total. The molecule has 0 aliphatic carbocycles. The van der Waals surface area contributed by atoms with Crippen molar-refractivity contribution in [3.8, 4) is 11.5 Å². The highest BCUT2D eigenvalue weighted by molar-refractivity contribution is 5.87. The monoisotopic (exact) mass is 381 g/mol. The van der Waals surface area contributed by atoms with Crippen LogP contribution in [0.5, 0.6) is 11.5 Å². The van der Waals surface area contributed by atoms with Crippen molar-refractivity contribution in [2.75, 3.05) is 7.11 Å². The highest BCUT2D eigenvalue weighted by Crippen LogP contribution is 2.34. The number of nitrogens with zero attached hydrogens (tertiary/aromatic N) is 1.